The summed E-state index contributed by atoms with van der Waals surface area (Å²) in [4.78, 5) is 27.8. The van der Waals surface area contributed by atoms with E-state index in [2.05, 4.69) is 15.6 Å². The van der Waals surface area contributed by atoms with Crippen LogP contribution in [0, 0.1) is 6.92 Å². The van der Waals surface area contributed by atoms with Crippen molar-refractivity contribution in [3.05, 3.63) is 83.6 Å². The highest BCUT2D eigenvalue weighted by Crippen LogP contribution is 2.18. The van der Waals surface area contributed by atoms with Gasteiger partial charge in [-0.3, -0.25) is 9.59 Å². The minimum Gasteiger partial charge on any atom is -0.354 e. The van der Waals surface area contributed by atoms with Gasteiger partial charge in [-0.25, -0.2) is 4.98 Å². The fraction of sp³-hybridized carbons (Fsp3) is 0.0952. The molecule has 1 amide bonds. The number of ketones is 1. The molecule has 130 valence electrons. The van der Waals surface area contributed by atoms with Crippen LogP contribution in [0.15, 0.2) is 66.9 Å². The summed E-state index contributed by atoms with van der Waals surface area (Å²) >= 11 is 0. The van der Waals surface area contributed by atoms with Gasteiger partial charge < -0.3 is 10.6 Å². The molecular weight excluding hydrogens is 326 g/mol. The zero-order valence-corrected chi connectivity index (χ0v) is 14.6. The minimum atomic E-state index is -0.193. The Morgan fingerprint density at radius 2 is 1.62 bits per heavy atom. The number of benzene rings is 2. The van der Waals surface area contributed by atoms with Gasteiger partial charge in [-0.2, -0.15) is 0 Å². The Kier molecular flexibility index (Phi) is 5.08. The van der Waals surface area contributed by atoms with Gasteiger partial charge in [-0.15, -0.1) is 0 Å². The lowest BCUT2D eigenvalue weighted by molar-refractivity contribution is 0.101. The summed E-state index contributed by atoms with van der Waals surface area (Å²) in [6.07, 6.45) is 1.64. The number of amides is 1. The van der Waals surface area contributed by atoms with Crippen molar-refractivity contribution in [3.8, 4) is 0 Å². The number of hydrogen-bond acceptors (Lipinski definition) is 4. The van der Waals surface area contributed by atoms with Crippen LogP contribution in [0.3, 0.4) is 0 Å². The second kappa shape index (κ2) is 7.61. The average molecular weight is 345 g/mol. The molecule has 0 aliphatic carbocycles. The van der Waals surface area contributed by atoms with E-state index in [1.165, 1.54) is 6.92 Å². The van der Waals surface area contributed by atoms with Crippen LogP contribution in [0.2, 0.25) is 0 Å². The maximum Gasteiger partial charge on any atom is 0.256 e. The van der Waals surface area contributed by atoms with Crippen molar-refractivity contribution in [2.24, 2.45) is 0 Å². The largest absolute Gasteiger partial charge is 0.354 e. The monoisotopic (exact) mass is 345 g/mol. The van der Waals surface area contributed by atoms with Gasteiger partial charge in [-0.1, -0.05) is 17.7 Å². The molecule has 0 saturated heterocycles. The van der Waals surface area contributed by atoms with E-state index in [0.29, 0.717) is 16.9 Å². The van der Waals surface area contributed by atoms with Crippen LogP contribution in [0.4, 0.5) is 17.2 Å². The molecule has 0 bridgehead atoms. The zero-order chi connectivity index (χ0) is 18.5. The van der Waals surface area contributed by atoms with Crippen LogP contribution in [-0.2, 0) is 0 Å². The molecule has 5 heteroatoms. The maximum atomic E-state index is 12.2. The number of rotatable bonds is 5. The first-order valence-corrected chi connectivity index (χ1v) is 8.23. The molecular formula is C21H19N3O2. The van der Waals surface area contributed by atoms with Crippen molar-refractivity contribution in [1.82, 2.24) is 4.98 Å². The fourth-order valence-corrected chi connectivity index (χ4v) is 2.47. The van der Waals surface area contributed by atoms with Crippen molar-refractivity contribution in [2.45, 2.75) is 13.8 Å². The van der Waals surface area contributed by atoms with Gasteiger partial charge in [-0.05, 0) is 62.4 Å². The van der Waals surface area contributed by atoms with E-state index in [1.807, 2.05) is 43.3 Å². The normalized spacial score (nSPS) is 10.2. The molecule has 0 spiro atoms. The molecule has 0 fully saturated rings. The van der Waals surface area contributed by atoms with Gasteiger partial charge in [0.2, 0.25) is 0 Å². The summed E-state index contributed by atoms with van der Waals surface area (Å²) in [5.41, 5.74) is 3.94. The Morgan fingerprint density at radius 3 is 2.23 bits per heavy atom. The molecule has 1 aromatic heterocycles. The Balaban J connectivity index is 1.64. The van der Waals surface area contributed by atoms with Gasteiger partial charge in [0.05, 0.1) is 11.9 Å². The predicted molar refractivity (Wildman–Crippen MR) is 103 cm³/mol. The van der Waals surface area contributed by atoms with E-state index < -0.39 is 0 Å². The third-order valence-electron chi connectivity index (χ3n) is 3.87. The van der Waals surface area contributed by atoms with E-state index >= 15 is 0 Å². The van der Waals surface area contributed by atoms with Crippen molar-refractivity contribution in [2.75, 3.05) is 10.6 Å². The number of aromatic nitrogens is 1. The first-order valence-electron chi connectivity index (χ1n) is 8.23. The molecule has 2 N–H and O–H groups in total. The SMILES string of the molecule is CC(=O)c1ccc(Nc2ccc(NC(=O)c3cccc(C)c3)nc2)cc1. The molecule has 0 saturated carbocycles. The third-order valence-corrected chi connectivity index (χ3v) is 3.87. The first-order chi connectivity index (χ1) is 12.5. The van der Waals surface area contributed by atoms with Gasteiger partial charge >= 0.3 is 0 Å². The van der Waals surface area contributed by atoms with E-state index in [0.717, 1.165) is 16.9 Å². The van der Waals surface area contributed by atoms with Gasteiger partial charge in [0.1, 0.15) is 5.82 Å². The number of nitrogens with zero attached hydrogens (tertiary/aromatic N) is 1. The molecule has 3 rings (SSSR count). The van der Waals surface area contributed by atoms with Crippen molar-refractivity contribution in [1.29, 1.82) is 0 Å². The van der Waals surface area contributed by atoms with Crippen LogP contribution in [0.25, 0.3) is 0 Å². The van der Waals surface area contributed by atoms with Crippen LogP contribution in [0.1, 0.15) is 33.2 Å². The number of anilines is 3. The van der Waals surface area contributed by atoms with Crippen LogP contribution >= 0.6 is 0 Å². The molecule has 2 aromatic carbocycles. The summed E-state index contributed by atoms with van der Waals surface area (Å²) < 4.78 is 0. The number of Topliss-reactive ketones (excluding diaryl/α,β-unsaturated/α-hetero) is 1. The quantitative estimate of drug-likeness (QED) is 0.664. The number of carbonyl (C=O) groups excluding carboxylic acids is 2. The topological polar surface area (TPSA) is 71.1 Å². The second-order valence-corrected chi connectivity index (χ2v) is 6.01. The third kappa shape index (κ3) is 4.33. The first kappa shape index (κ1) is 17.4. The van der Waals surface area contributed by atoms with Crippen molar-refractivity contribution >= 4 is 28.9 Å². The number of carbonyl (C=O) groups is 2. The molecule has 1 heterocycles. The number of hydrogen-bond donors (Lipinski definition) is 2. The lowest BCUT2D eigenvalue weighted by Crippen LogP contribution is -2.13. The predicted octanol–water partition coefficient (Wildman–Crippen LogP) is 4.59. The molecule has 0 aliphatic rings. The van der Waals surface area contributed by atoms with Crippen molar-refractivity contribution < 1.29 is 9.59 Å². The zero-order valence-electron chi connectivity index (χ0n) is 14.6. The average Bonchev–Trinajstić information content (AvgIpc) is 2.64. The number of pyridine rings is 1. The summed E-state index contributed by atoms with van der Waals surface area (Å²) in [6.45, 7) is 3.48. The number of aryl methyl sites for hydroxylation is 1. The molecule has 0 aliphatic heterocycles. The van der Waals surface area contributed by atoms with Crippen molar-refractivity contribution in [3.63, 3.8) is 0 Å². The van der Waals surface area contributed by atoms with Crippen LogP contribution < -0.4 is 10.6 Å². The molecule has 26 heavy (non-hydrogen) atoms. The highest BCUT2D eigenvalue weighted by Gasteiger charge is 2.07. The molecule has 5 nitrogen and oxygen atoms in total. The summed E-state index contributed by atoms with van der Waals surface area (Å²) in [6, 6.07) is 18.2. The Bertz CT molecular complexity index is 932. The Hall–Kier alpha value is -3.47. The highest BCUT2D eigenvalue weighted by molar-refractivity contribution is 6.03. The van der Waals surface area contributed by atoms with Gasteiger partial charge in [0, 0.05) is 16.8 Å². The van der Waals surface area contributed by atoms with E-state index in [9.17, 15) is 9.59 Å². The lowest BCUT2D eigenvalue weighted by Gasteiger charge is -2.09. The minimum absolute atomic E-state index is 0.0342. The molecule has 3 aromatic rings. The van der Waals surface area contributed by atoms with Gasteiger partial charge in [0.25, 0.3) is 5.91 Å². The summed E-state index contributed by atoms with van der Waals surface area (Å²) in [5.74, 6) is 0.322. The lowest BCUT2D eigenvalue weighted by atomic mass is 10.1. The molecule has 0 unspecified atom stereocenters. The van der Waals surface area contributed by atoms with E-state index in [1.54, 1.807) is 30.5 Å². The molecule has 0 atom stereocenters. The van der Waals surface area contributed by atoms with Crippen LogP contribution in [0.5, 0.6) is 0 Å². The number of nitrogens with one attached hydrogen (secondary N) is 2. The van der Waals surface area contributed by atoms with Crippen LogP contribution in [-0.4, -0.2) is 16.7 Å². The fourth-order valence-electron chi connectivity index (χ4n) is 2.47. The standard InChI is InChI=1S/C21H19N3O2/c1-14-4-3-5-17(12-14)21(26)24-20-11-10-19(13-22-20)23-18-8-6-16(7-9-18)15(2)25/h3-13,23H,1-2H3,(H,22,24,26). The molecule has 0 radical (unpaired) electrons. The van der Waals surface area contributed by atoms with E-state index in [-0.39, 0.29) is 11.7 Å². The Labute approximate surface area is 152 Å². The smallest absolute Gasteiger partial charge is 0.256 e. The summed E-state index contributed by atoms with van der Waals surface area (Å²) in [5, 5.41) is 5.98. The van der Waals surface area contributed by atoms with E-state index in [4.69, 9.17) is 0 Å². The summed E-state index contributed by atoms with van der Waals surface area (Å²) in [7, 11) is 0. The van der Waals surface area contributed by atoms with Gasteiger partial charge in [0.15, 0.2) is 5.78 Å². The Morgan fingerprint density at radius 1 is 0.885 bits per heavy atom. The highest BCUT2D eigenvalue weighted by atomic mass is 16.1. The maximum absolute atomic E-state index is 12.2. The second-order valence-electron chi connectivity index (χ2n) is 6.01.